The molecule has 0 bridgehead atoms. The minimum absolute atomic E-state index is 0.100. The van der Waals surface area contributed by atoms with Crippen molar-refractivity contribution in [2.75, 3.05) is 47.0 Å². The van der Waals surface area contributed by atoms with Crippen LogP contribution >= 0.6 is 0 Å². The van der Waals surface area contributed by atoms with Crippen LogP contribution in [0.2, 0.25) is 0 Å². The van der Waals surface area contributed by atoms with Crippen LogP contribution < -0.4 is 5.32 Å². The van der Waals surface area contributed by atoms with Gasteiger partial charge in [-0.2, -0.15) is 0 Å². The van der Waals surface area contributed by atoms with Gasteiger partial charge < -0.3 is 20.1 Å². The maximum absolute atomic E-state index is 8.47. The molecule has 0 spiro atoms. The SMILES string of the molecule is CN(C)C(C)(C)CNCCOCCO. The van der Waals surface area contributed by atoms with Gasteiger partial charge in [-0.1, -0.05) is 0 Å². The molecule has 0 aromatic rings. The summed E-state index contributed by atoms with van der Waals surface area (Å²) in [6.07, 6.45) is 0. The molecule has 4 nitrogen and oxygen atoms in total. The highest BCUT2D eigenvalue weighted by atomic mass is 16.5. The number of hydrogen-bond donors (Lipinski definition) is 2. The Balaban J connectivity index is 3.35. The first kappa shape index (κ1) is 13.8. The zero-order valence-corrected chi connectivity index (χ0v) is 9.84. The Kier molecular flexibility index (Phi) is 7.09. The van der Waals surface area contributed by atoms with Gasteiger partial charge in [0.05, 0.1) is 19.8 Å². The summed E-state index contributed by atoms with van der Waals surface area (Å²) >= 11 is 0. The van der Waals surface area contributed by atoms with Gasteiger partial charge in [-0.05, 0) is 27.9 Å². The van der Waals surface area contributed by atoms with Crippen molar-refractivity contribution in [3.63, 3.8) is 0 Å². The number of nitrogens with zero attached hydrogens (tertiary/aromatic N) is 1. The van der Waals surface area contributed by atoms with Crippen molar-refractivity contribution in [2.45, 2.75) is 19.4 Å². The van der Waals surface area contributed by atoms with Crippen LogP contribution in [-0.4, -0.2) is 62.6 Å². The van der Waals surface area contributed by atoms with Gasteiger partial charge in [0.1, 0.15) is 0 Å². The first-order valence-electron chi connectivity index (χ1n) is 5.07. The number of nitrogens with one attached hydrogen (secondary N) is 1. The summed E-state index contributed by atoms with van der Waals surface area (Å²) in [6, 6.07) is 0. The molecule has 0 aliphatic heterocycles. The molecule has 4 heteroatoms. The summed E-state index contributed by atoms with van der Waals surface area (Å²) in [7, 11) is 4.15. The molecule has 86 valence electrons. The summed E-state index contributed by atoms with van der Waals surface area (Å²) < 4.78 is 5.13. The second-order valence-electron chi connectivity index (χ2n) is 4.22. The van der Waals surface area contributed by atoms with Crippen molar-refractivity contribution in [1.29, 1.82) is 0 Å². The molecule has 0 fully saturated rings. The lowest BCUT2D eigenvalue weighted by Gasteiger charge is -2.32. The number of ether oxygens (including phenoxy) is 1. The first-order chi connectivity index (χ1) is 6.50. The largest absolute Gasteiger partial charge is 0.394 e. The van der Waals surface area contributed by atoms with Crippen LogP contribution in [0.3, 0.4) is 0 Å². The first-order valence-corrected chi connectivity index (χ1v) is 5.07. The molecule has 0 atom stereocenters. The van der Waals surface area contributed by atoms with Crippen molar-refractivity contribution >= 4 is 0 Å². The lowest BCUT2D eigenvalue weighted by molar-refractivity contribution is 0.0912. The summed E-state index contributed by atoms with van der Waals surface area (Å²) in [6.45, 7) is 7.33. The standard InChI is InChI=1S/C10H24N2O2/c1-10(2,12(3)4)9-11-5-7-14-8-6-13/h11,13H,5-9H2,1-4H3. The lowest BCUT2D eigenvalue weighted by atomic mass is 10.0. The van der Waals surface area contributed by atoms with E-state index < -0.39 is 0 Å². The van der Waals surface area contributed by atoms with Crippen LogP contribution in [0.25, 0.3) is 0 Å². The van der Waals surface area contributed by atoms with E-state index in [2.05, 4.69) is 38.2 Å². The zero-order chi connectivity index (χ0) is 11.0. The number of aliphatic hydroxyl groups is 1. The van der Waals surface area contributed by atoms with E-state index in [9.17, 15) is 0 Å². The Morgan fingerprint density at radius 2 is 1.93 bits per heavy atom. The maximum atomic E-state index is 8.47. The van der Waals surface area contributed by atoms with E-state index >= 15 is 0 Å². The van der Waals surface area contributed by atoms with Crippen molar-refractivity contribution in [2.24, 2.45) is 0 Å². The Hall–Kier alpha value is -0.160. The molecule has 0 aliphatic rings. The third-order valence-electron chi connectivity index (χ3n) is 2.43. The monoisotopic (exact) mass is 204 g/mol. The maximum Gasteiger partial charge on any atom is 0.0698 e. The number of hydrogen-bond acceptors (Lipinski definition) is 4. The molecule has 14 heavy (non-hydrogen) atoms. The van der Waals surface area contributed by atoms with Gasteiger partial charge in [-0.15, -0.1) is 0 Å². The van der Waals surface area contributed by atoms with Gasteiger partial charge in [0.15, 0.2) is 0 Å². The van der Waals surface area contributed by atoms with Crippen LogP contribution in [0.5, 0.6) is 0 Å². The molecule has 0 saturated carbocycles. The molecule has 0 aliphatic carbocycles. The van der Waals surface area contributed by atoms with E-state index in [1.807, 2.05) is 0 Å². The van der Waals surface area contributed by atoms with Crippen molar-refractivity contribution in [3.05, 3.63) is 0 Å². The Morgan fingerprint density at radius 1 is 1.29 bits per heavy atom. The highest BCUT2D eigenvalue weighted by Gasteiger charge is 2.18. The zero-order valence-electron chi connectivity index (χ0n) is 9.84. The summed E-state index contributed by atoms with van der Waals surface area (Å²) in [4.78, 5) is 2.19. The summed E-state index contributed by atoms with van der Waals surface area (Å²) in [5, 5.41) is 11.8. The Bertz CT molecular complexity index is 138. The second-order valence-corrected chi connectivity index (χ2v) is 4.22. The van der Waals surface area contributed by atoms with Crippen LogP contribution in [0.4, 0.5) is 0 Å². The van der Waals surface area contributed by atoms with E-state index in [1.54, 1.807) is 0 Å². The molecule has 0 rings (SSSR count). The van der Waals surface area contributed by atoms with Crippen molar-refractivity contribution in [3.8, 4) is 0 Å². The van der Waals surface area contributed by atoms with Gasteiger partial charge in [0.25, 0.3) is 0 Å². The van der Waals surface area contributed by atoms with Crippen LogP contribution in [0.15, 0.2) is 0 Å². The average Bonchev–Trinajstić information content (AvgIpc) is 2.10. The van der Waals surface area contributed by atoms with Crippen molar-refractivity contribution < 1.29 is 9.84 Å². The highest BCUT2D eigenvalue weighted by molar-refractivity contribution is 4.79. The molecule has 0 saturated heterocycles. The predicted molar refractivity (Wildman–Crippen MR) is 58.5 cm³/mol. The summed E-state index contributed by atoms with van der Waals surface area (Å²) in [5.41, 5.74) is 0.164. The van der Waals surface area contributed by atoms with Crippen LogP contribution in [0.1, 0.15) is 13.8 Å². The quantitative estimate of drug-likeness (QED) is 0.543. The Morgan fingerprint density at radius 3 is 2.43 bits per heavy atom. The molecular weight excluding hydrogens is 180 g/mol. The van der Waals surface area contributed by atoms with E-state index in [0.717, 1.165) is 13.1 Å². The van der Waals surface area contributed by atoms with Gasteiger partial charge in [0, 0.05) is 18.6 Å². The van der Waals surface area contributed by atoms with E-state index in [0.29, 0.717) is 13.2 Å². The van der Waals surface area contributed by atoms with E-state index in [4.69, 9.17) is 9.84 Å². The normalized spacial score (nSPS) is 12.4. The minimum atomic E-state index is 0.100. The topological polar surface area (TPSA) is 44.7 Å². The van der Waals surface area contributed by atoms with Crippen molar-refractivity contribution in [1.82, 2.24) is 10.2 Å². The van der Waals surface area contributed by atoms with Crippen LogP contribution in [0, 0.1) is 0 Å². The lowest BCUT2D eigenvalue weighted by Crippen LogP contribution is -2.47. The third kappa shape index (κ3) is 6.32. The number of aliphatic hydroxyl groups excluding tert-OH is 1. The van der Waals surface area contributed by atoms with Crippen LogP contribution in [-0.2, 0) is 4.74 Å². The summed E-state index contributed by atoms with van der Waals surface area (Å²) in [5.74, 6) is 0. The molecule has 0 aromatic carbocycles. The second kappa shape index (κ2) is 7.17. The molecule has 0 unspecified atom stereocenters. The molecule has 0 heterocycles. The van der Waals surface area contributed by atoms with Gasteiger partial charge >= 0.3 is 0 Å². The predicted octanol–water partition coefficient (Wildman–Crippen LogP) is -0.0749. The molecule has 0 radical (unpaired) electrons. The molecule has 0 amide bonds. The highest BCUT2D eigenvalue weighted by Crippen LogP contribution is 2.07. The fourth-order valence-corrected chi connectivity index (χ4v) is 0.863. The van der Waals surface area contributed by atoms with E-state index in [1.165, 1.54) is 0 Å². The fraction of sp³-hybridized carbons (Fsp3) is 1.00. The molecule has 0 aromatic heterocycles. The van der Waals surface area contributed by atoms with Gasteiger partial charge in [-0.25, -0.2) is 0 Å². The van der Waals surface area contributed by atoms with Gasteiger partial charge in [0.2, 0.25) is 0 Å². The van der Waals surface area contributed by atoms with Gasteiger partial charge in [-0.3, -0.25) is 0 Å². The smallest absolute Gasteiger partial charge is 0.0698 e. The Labute approximate surface area is 87.2 Å². The molecular formula is C10H24N2O2. The number of rotatable bonds is 8. The average molecular weight is 204 g/mol. The minimum Gasteiger partial charge on any atom is -0.394 e. The van der Waals surface area contributed by atoms with E-state index in [-0.39, 0.29) is 12.1 Å². The third-order valence-corrected chi connectivity index (χ3v) is 2.43. The molecule has 2 N–H and O–H groups in total. The number of likely N-dealkylation sites (N-methyl/N-ethyl adjacent to an activating group) is 1. The fourth-order valence-electron chi connectivity index (χ4n) is 0.863.